The third-order valence-corrected chi connectivity index (χ3v) is 3.49. The van der Waals surface area contributed by atoms with Gasteiger partial charge >= 0.3 is 0 Å². The number of nitrogens with zero attached hydrogens (tertiary/aromatic N) is 1. The summed E-state index contributed by atoms with van der Waals surface area (Å²) in [4.78, 5) is 3.23. The second kappa shape index (κ2) is 3.46. The number of aryl methyl sites for hydroxylation is 1. The van der Waals surface area contributed by atoms with Crippen LogP contribution in [0.25, 0.3) is 0 Å². The molecule has 2 rings (SSSR count). The number of aromatic nitrogens is 1. The molecular weight excluding hydrogens is 204 g/mol. The Labute approximate surface area is 95.0 Å². The number of H-pyrrole nitrogens is 1. The fourth-order valence-electron chi connectivity index (χ4n) is 2.30. The van der Waals surface area contributed by atoms with E-state index in [0.29, 0.717) is 10.2 Å². The van der Waals surface area contributed by atoms with Crippen LogP contribution in [0, 0.1) is 16.0 Å². The van der Waals surface area contributed by atoms with Crippen molar-refractivity contribution in [3.8, 4) is 6.07 Å². The summed E-state index contributed by atoms with van der Waals surface area (Å²) in [5.41, 5.74) is 3.24. The highest BCUT2D eigenvalue weighted by Crippen LogP contribution is 2.35. The van der Waals surface area contributed by atoms with E-state index in [-0.39, 0.29) is 5.41 Å². The molecule has 0 fully saturated rings. The summed E-state index contributed by atoms with van der Waals surface area (Å²) in [5.74, 6) is 0. The smallest absolute Gasteiger partial charge is 0.121 e. The average Bonchev–Trinajstić information content (AvgIpc) is 2.18. The molecule has 0 saturated heterocycles. The molecule has 0 atom stereocenters. The van der Waals surface area contributed by atoms with Gasteiger partial charge in [0.2, 0.25) is 0 Å². The van der Waals surface area contributed by atoms with Gasteiger partial charge in [-0.2, -0.15) is 5.26 Å². The van der Waals surface area contributed by atoms with Gasteiger partial charge in [0.1, 0.15) is 10.7 Å². The van der Waals surface area contributed by atoms with E-state index in [2.05, 4.69) is 24.9 Å². The van der Waals surface area contributed by atoms with E-state index in [9.17, 15) is 0 Å². The highest BCUT2D eigenvalue weighted by Gasteiger charge is 2.28. The van der Waals surface area contributed by atoms with E-state index in [1.807, 2.05) is 6.07 Å². The van der Waals surface area contributed by atoms with Crippen LogP contribution in [-0.2, 0) is 11.8 Å². The third-order valence-electron chi connectivity index (χ3n) is 3.17. The molecule has 78 valence electrons. The van der Waals surface area contributed by atoms with Crippen molar-refractivity contribution in [3.63, 3.8) is 0 Å². The van der Waals surface area contributed by atoms with Crippen LogP contribution in [0.5, 0.6) is 0 Å². The lowest BCUT2D eigenvalue weighted by molar-refractivity contribution is 0.417. The molecule has 1 aromatic heterocycles. The third kappa shape index (κ3) is 1.70. The van der Waals surface area contributed by atoms with Crippen molar-refractivity contribution in [1.29, 1.82) is 5.26 Å². The molecule has 0 bridgehead atoms. The Balaban J connectivity index is 2.67. The van der Waals surface area contributed by atoms with Crippen LogP contribution in [0.3, 0.4) is 0 Å². The van der Waals surface area contributed by atoms with Crippen molar-refractivity contribution in [1.82, 2.24) is 4.98 Å². The molecule has 3 heteroatoms. The lowest BCUT2D eigenvalue weighted by Crippen LogP contribution is -2.25. The SMILES string of the molecule is CC1(C)CCCc2cc(C#N)c(=S)[nH]c21. The average molecular weight is 218 g/mol. The molecule has 0 spiro atoms. The molecule has 0 unspecified atom stereocenters. The molecule has 0 aliphatic heterocycles. The Morgan fingerprint density at radius 3 is 2.93 bits per heavy atom. The first-order valence-corrected chi connectivity index (χ1v) is 5.62. The lowest BCUT2D eigenvalue weighted by atomic mass is 9.76. The van der Waals surface area contributed by atoms with E-state index in [4.69, 9.17) is 17.5 Å². The summed E-state index contributed by atoms with van der Waals surface area (Å²) in [7, 11) is 0. The van der Waals surface area contributed by atoms with Crippen LogP contribution >= 0.6 is 12.2 Å². The van der Waals surface area contributed by atoms with Gasteiger partial charge in [-0.1, -0.05) is 26.1 Å². The van der Waals surface area contributed by atoms with Crippen LogP contribution in [0.15, 0.2) is 6.07 Å². The van der Waals surface area contributed by atoms with Gasteiger partial charge in [-0.25, -0.2) is 0 Å². The minimum Gasteiger partial charge on any atom is -0.348 e. The summed E-state index contributed by atoms with van der Waals surface area (Å²) < 4.78 is 0.575. The molecular formula is C12H14N2S. The van der Waals surface area contributed by atoms with E-state index in [1.54, 1.807) is 0 Å². The normalized spacial score (nSPS) is 17.9. The predicted molar refractivity (Wildman–Crippen MR) is 62.3 cm³/mol. The first-order chi connectivity index (χ1) is 7.04. The molecule has 1 N–H and O–H groups in total. The number of pyridine rings is 1. The number of hydrogen-bond donors (Lipinski definition) is 1. The maximum absolute atomic E-state index is 8.91. The van der Waals surface area contributed by atoms with Crippen LogP contribution in [0.4, 0.5) is 0 Å². The Kier molecular flexibility index (Phi) is 2.40. The van der Waals surface area contributed by atoms with E-state index in [0.717, 1.165) is 6.42 Å². The van der Waals surface area contributed by atoms with E-state index >= 15 is 0 Å². The summed E-state index contributed by atoms with van der Waals surface area (Å²) in [6.07, 6.45) is 3.42. The first kappa shape index (κ1) is 10.4. The minimum atomic E-state index is 0.162. The zero-order valence-electron chi connectivity index (χ0n) is 9.05. The predicted octanol–water partition coefficient (Wildman–Crippen LogP) is 3.23. The first-order valence-electron chi connectivity index (χ1n) is 5.21. The summed E-state index contributed by atoms with van der Waals surface area (Å²) >= 11 is 5.16. The maximum Gasteiger partial charge on any atom is 0.121 e. The highest BCUT2D eigenvalue weighted by molar-refractivity contribution is 7.71. The van der Waals surface area contributed by atoms with Crippen LogP contribution in [0.1, 0.15) is 43.5 Å². The van der Waals surface area contributed by atoms with Gasteiger partial charge in [0.25, 0.3) is 0 Å². The Morgan fingerprint density at radius 2 is 2.27 bits per heavy atom. The molecule has 2 nitrogen and oxygen atoms in total. The van der Waals surface area contributed by atoms with Crippen LogP contribution < -0.4 is 0 Å². The molecule has 0 amide bonds. The summed E-state index contributed by atoms with van der Waals surface area (Å²) in [6.45, 7) is 4.45. The monoisotopic (exact) mass is 218 g/mol. The molecule has 1 aliphatic rings. The number of nitriles is 1. The van der Waals surface area contributed by atoms with Gasteiger partial charge in [0, 0.05) is 11.1 Å². The fraction of sp³-hybridized carbons (Fsp3) is 0.500. The van der Waals surface area contributed by atoms with Gasteiger partial charge in [0.05, 0.1) is 5.56 Å². The molecule has 1 aromatic rings. The van der Waals surface area contributed by atoms with Gasteiger partial charge in [0.15, 0.2) is 0 Å². The second-order valence-electron chi connectivity index (χ2n) is 4.76. The van der Waals surface area contributed by atoms with Crippen molar-refractivity contribution in [2.75, 3.05) is 0 Å². The zero-order chi connectivity index (χ0) is 11.1. The number of fused-ring (bicyclic) bond motifs is 1. The van der Waals surface area contributed by atoms with E-state index < -0.39 is 0 Å². The second-order valence-corrected chi connectivity index (χ2v) is 5.17. The highest BCUT2D eigenvalue weighted by atomic mass is 32.1. The van der Waals surface area contributed by atoms with Gasteiger partial charge in [-0.3, -0.25) is 0 Å². The molecule has 0 aromatic carbocycles. The quantitative estimate of drug-likeness (QED) is 0.679. The maximum atomic E-state index is 8.91. The Bertz CT molecular complexity index is 491. The van der Waals surface area contributed by atoms with Crippen molar-refractivity contribution in [2.45, 2.75) is 38.5 Å². The van der Waals surface area contributed by atoms with Crippen LogP contribution in [-0.4, -0.2) is 4.98 Å². The Hall–Kier alpha value is -1.14. The van der Waals surface area contributed by atoms with Gasteiger partial charge in [-0.15, -0.1) is 0 Å². The number of hydrogen-bond acceptors (Lipinski definition) is 2. The van der Waals surface area contributed by atoms with Crippen molar-refractivity contribution < 1.29 is 0 Å². The van der Waals surface area contributed by atoms with Crippen molar-refractivity contribution >= 4 is 12.2 Å². The number of aromatic amines is 1. The number of nitrogens with one attached hydrogen (secondary N) is 1. The Morgan fingerprint density at radius 1 is 1.53 bits per heavy atom. The largest absolute Gasteiger partial charge is 0.348 e. The zero-order valence-corrected chi connectivity index (χ0v) is 9.87. The molecule has 1 heterocycles. The summed E-state index contributed by atoms with van der Waals surface area (Å²) in [6, 6.07) is 4.09. The van der Waals surface area contributed by atoms with Gasteiger partial charge < -0.3 is 4.98 Å². The molecule has 1 aliphatic carbocycles. The fourth-order valence-corrected chi connectivity index (χ4v) is 2.51. The topological polar surface area (TPSA) is 39.6 Å². The lowest BCUT2D eigenvalue weighted by Gasteiger charge is -2.32. The molecule has 15 heavy (non-hydrogen) atoms. The summed E-state index contributed by atoms with van der Waals surface area (Å²) in [5, 5.41) is 8.91. The standard InChI is InChI=1S/C12H14N2S/c1-12(2)5-3-4-8-6-9(7-13)11(15)14-10(8)12/h6H,3-5H2,1-2H3,(H,14,15). The molecule has 0 saturated carbocycles. The van der Waals surface area contributed by atoms with Gasteiger partial charge in [-0.05, 0) is 30.9 Å². The van der Waals surface area contributed by atoms with Crippen molar-refractivity contribution in [2.24, 2.45) is 0 Å². The molecule has 0 radical (unpaired) electrons. The number of rotatable bonds is 0. The van der Waals surface area contributed by atoms with Crippen molar-refractivity contribution in [3.05, 3.63) is 27.5 Å². The van der Waals surface area contributed by atoms with E-state index in [1.165, 1.54) is 24.1 Å². The van der Waals surface area contributed by atoms with Crippen LogP contribution in [0.2, 0.25) is 0 Å². The minimum absolute atomic E-state index is 0.162.